The van der Waals surface area contributed by atoms with E-state index in [0.717, 1.165) is 42.2 Å². The molecule has 0 bridgehead atoms. The lowest BCUT2D eigenvalue weighted by molar-refractivity contribution is -0.131. The molecule has 2 aliphatic carbocycles. The van der Waals surface area contributed by atoms with Crippen molar-refractivity contribution in [3.05, 3.63) is 89.5 Å². The average molecular weight is 604 g/mol. The van der Waals surface area contributed by atoms with Crippen LogP contribution in [0.4, 0.5) is 5.69 Å². The van der Waals surface area contributed by atoms with Gasteiger partial charge in [-0.25, -0.2) is 4.79 Å². The molecule has 1 aliphatic heterocycles. The Morgan fingerprint density at radius 1 is 0.933 bits per heavy atom. The van der Waals surface area contributed by atoms with Crippen LogP contribution in [0.1, 0.15) is 78.8 Å². The van der Waals surface area contributed by atoms with E-state index >= 15 is 0 Å². The fourth-order valence-electron chi connectivity index (χ4n) is 7.25. The number of carboxylic acids is 1. The highest BCUT2D eigenvalue weighted by molar-refractivity contribution is 6.06. The molecule has 8 nitrogen and oxygen atoms in total. The number of ether oxygens (including phenoxy) is 1. The highest BCUT2D eigenvalue weighted by Gasteiger charge is 2.45. The molecule has 0 unspecified atom stereocenters. The Labute approximate surface area is 262 Å². The Balaban J connectivity index is 1.20. The van der Waals surface area contributed by atoms with Crippen LogP contribution in [0.3, 0.4) is 0 Å². The monoisotopic (exact) mass is 603 g/mol. The molecule has 2 fully saturated rings. The van der Waals surface area contributed by atoms with Crippen LogP contribution >= 0.6 is 0 Å². The molecule has 230 valence electrons. The van der Waals surface area contributed by atoms with Gasteiger partial charge in [0.2, 0.25) is 5.91 Å². The van der Waals surface area contributed by atoms with E-state index < -0.39 is 11.5 Å². The van der Waals surface area contributed by atoms with Gasteiger partial charge >= 0.3 is 5.97 Å². The molecule has 0 radical (unpaired) electrons. The first kappa shape index (κ1) is 28.9. The van der Waals surface area contributed by atoms with E-state index in [1.165, 1.54) is 42.0 Å². The van der Waals surface area contributed by atoms with E-state index in [-0.39, 0.29) is 11.8 Å². The Morgan fingerprint density at radius 2 is 1.76 bits per heavy atom. The predicted octanol–water partition coefficient (Wildman–Crippen LogP) is 7.14. The van der Waals surface area contributed by atoms with Crippen molar-refractivity contribution in [1.29, 1.82) is 0 Å². The molecule has 0 saturated heterocycles. The minimum absolute atomic E-state index is 0.271. The van der Waals surface area contributed by atoms with Gasteiger partial charge in [0, 0.05) is 33.8 Å². The summed E-state index contributed by atoms with van der Waals surface area (Å²) in [6, 6.07) is 21.2. The third-order valence-corrected chi connectivity index (χ3v) is 9.65. The van der Waals surface area contributed by atoms with Crippen molar-refractivity contribution in [2.24, 2.45) is 0 Å². The first-order chi connectivity index (χ1) is 21.9. The maximum atomic E-state index is 13.8. The maximum Gasteiger partial charge on any atom is 0.328 e. The van der Waals surface area contributed by atoms with Gasteiger partial charge < -0.3 is 25.0 Å². The van der Waals surface area contributed by atoms with Crippen LogP contribution in [0.25, 0.3) is 28.2 Å². The van der Waals surface area contributed by atoms with Crippen LogP contribution in [0.5, 0.6) is 5.75 Å². The number of aliphatic carboxylic acids is 1. The number of rotatable bonds is 7. The molecular weight excluding hydrogens is 566 g/mol. The van der Waals surface area contributed by atoms with Crippen molar-refractivity contribution in [3.8, 4) is 17.0 Å². The van der Waals surface area contributed by atoms with Gasteiger partial charge in [0.15, 0.2) is 0 Å². The summed E-state index contributed by atoms with van der Waals surface area (Å²) >= 11 is 0. The van der Waals surface area contributed by atoms with Crippen molar-refractivity contribution >= 4 is 40.4 Å². The van der Waals surface area contributed by atoms with Gasteiger partial charge in [0.05, 0.1) is 12.2 Å². The minimum atomic E-state index is -1.04. The number of nitrogens with zero attached hydrogens (tertiary/aromatic N) is 1. The van der Waals surface area contributed by atoms with Crippen LogP contribution in [-0.2, 0) is 16.1 Å². The number of para-hydroxylation sites is 1. The molecule has 3 aromatic carbocycles. The van der Waals surface area contributed by atoms with E-state index in [4.69, 9.17) is 9.84 Å². The lowest BCUT2D eigenvalue weighted by Gasteiger charge is -2.40. The molecule has 45 heavy (non-hydrogen) atoms. The average Bonchev–Trinajstić information content (AvgIpc) is 3.23. The summed E-state index contributed by atoms with van der Waals surface area (Å²) < 4.78 is 8.51. The van der Waals surface area contributed by atoms with Gasteiger partial charge in [-0.15, -0.1) is 0 Å². The molecule has 8 heteroatoms. The zero-order valence-corrected chi connectivity index (χ0v) is 25.2. The summed E-state index contributed by atoms with van der Waals surface area (Å²) in [5.74, 6) is -0.227. The number of aromatic nitrogens is 1. The molecule has 4 aromatic rings. The summed E-state index contributed by atoms with van der Waals surface area (Å²) in [5, 5.41) is 16.2. The van der Waals surface area contributed by atoms with Crippen LogP contribution < -0.4 is 15.4 Å². The second-order valence-corrected chi connectivity index (χ2v) is 12.5. The van der Waals surface area contributed by atoms with E-state index in [1.807, 2.05) is 24.3 Å². The largest absolute Gasteiger partial charge is 0.491 e. The van der Waals surface area contributed by atoms with Crippen LogP contribution in [-0.4, -0.2) is 39.6 Å². The molecule has 1 aromatic heterocycles. The minimum Gasteiger partial charge on any atom is -0.491 e. The highest BCUT2D eigenvalue weighted by atomic mass is 16.5. The van der Waals surface area contributed by atoms with Gasteiger partial charge in [0.1, 0.15) is 17.9 Å². The molecule has 2 amide bonds. The molecule has 7 rings (SSSR count). The highest BCUT2D eigenvalue weighted by Crippen LogP contribution is 2.47. The van der Waals surface area contributed by atoms with Crippen molar-refractivity contribution in [2.75, 3.05) is 11.9 Å². The Morgan fingerprint density at radius 3 is 2.53 bits per heavy atom. The molecular formula is C37H37N3O5. The van der Waals surface area contributed by atoms with Gasteiger partial charge in [-0.3, -0.25) is 9.59 Å². The zero-order chi connectivity index (χ0) is 31.0. The number of benzene rings is 3. The summed E-state index contributed by atoms with van der Waals surface area (Å²) in [6.45, 7) is 1.23. The summed E-state index contributed by atoms with van der Waals surface area (Å²) in [6.07, 6.45) is 10.5. The Bertz CT molecular complexity index is 1830. The molecule has 3 N–H and O–H groups in total. The smallest absolute Gasteiger partial charge is 0.328 e. The second kappa shape index (κ2) is 11.9. The predicted molar refractivity (Wildman–Crippen MR) is 174 cm³/mol. The number of fused-ring (bicyclic) bond motifs is 5. The fraction of sp³-hybridized carbons (Fsp3) is 0.324. The number of carboxylic acid groups (broad SMARTS) is 1. The van der Waals surface area contributed by atoms with Crippen molar-refractivity contribution in [3.63, 3.8) is 0 Å². The van der Waals surface area contributed by atoms with Gasteiger partial charge in [-0.2, -0.15) is 0 Å². The molecule has 2 saturated carbocycles. The quantitative estimate of drug-likeness (QED) is 0.195. The normalized spacial score (nSPS) is 17.4. The Kier molecular flexibility index (Phi) is 7.65. The maximum absolute atomic E-state index is 13.8. The van der Waals surface area contributed by atoms with Gasteiger partial charge in [-0.05, 0) is 91.6 Å². The molecule has 3 aliphatic rings. The van der Waals surface area contributed by atoms with Gasteiger partial charge in [-0.1, -0.05) is 49.6 Å². The number of hydrogen-bond donors (Lipinski definition) is 3. The zero-order valence-electron chi connectivity index (χ0n) is 25.2. The second-order valence-electron chi connectivity index (χ2n) is 12.5. The van der Waals surface area contributed by atoms with E-state index in [0.29, 0.717) is 48.7 Å². The van der Waals surface area contributed by atoms with E-state index in [9.17, 15) is 14.4 Å². The topological polar surface area (TPSA) is 110 Å². The first-order valence-corrected chi connectivity index (χ1v) is 16.0. The molecule has 0 atom stereocenters. The number of nitrogens with one attached hydrogen (secondary N) is 2. The lowest BCUT2D eigenvalue weighted by atomic mass is 9.75. The van der Waals surface area contributed by atoms with Crippen molar-refractivity contribution in [2.45, 2.75) is 69.4 Å². The van der Waals surface area contributed by atoms with Crippen molar-refractivity contribution in [1.82, 2.24) is 9.88 Å². The summed E-state index contributed by atoms with van der Waals surface area (Å²) in [4.78, 5) is 38.3. The fourth-order valence-corrected chi connectivity index (χ4v) is 7.25. The Hall–Kier alpha value is -4.85. The molecule has 0 spiro atoms. The third-order valence-electron chi connectivity index (χ3n) is 9.65. The number of carbonyl (C=O) groups excluding carboxylic acids is 2. The number of anilines is 1. The van der Waals surface area contributed by atoms with E-state index in [2.05, 4.69) is 33.4 Å². The standard InChI is InChI=1S/C37H37N3O5/c41-32(42)17-14-24-8-6-11-27(22-24)38-36(44)37(18-7-19-37)39-35(43)26-15-16-28-30(23-26)40-20-21-45-31-13-5-4-12-29(31)34(40)33(28)25-9-2-1-3-10-25/h4-6,8,11-17,22-23,25H,1-3,7,9-10,18-21H2,(H,38,44)(H,39,43)(H,41,42)/b17-14+. The molecule has 2 heterocycles. The first-order valence-electron chi connectivity index (χ1n) is 16.0. The van der Waals surface area contributed by atoms with Crippen molar-refractivity contribution < 1.29 is 24.2 Å². The van der Waals surface area contributed by atoms with Crippen LogP contribution in [0, 0.1) is 0 Å². The SMILES string of the molecule is O=C(O)/C=C/c1cccc(NC(=O)C2(NC(=O)c3ccc4c(C5CCCCC5)c5n(c4c3)CCOc3ccccc3-5)CCC2)c1. The summed E-state index contributed by atoms with van der Waals surface area (Å²) in [5.41, 5.74) is 5.42. The van der Waals surface area contributed by atoms with Crippen LogP contribution in [0.15, 0.2) is 72.8 Å². The van der Waals surface area contributed by atoms with Crippen LogP contribution in [0.2, 0.25) is 0 Å². The number of carbonyl (C=O) groups is 3. The third kappa shape index (κ3) is 5.50. The number of hydrogen-bond acceptors (Lipinski definition) is 4. The van der Waals surface area contributed by atoms with Gasteiger partial charge in [0.25, 0.3) is 5.91 Å². The number of amides is 2. The van der Waals surface area contributed by atoms with E-state index in [1.54, 1.807) is 24.3 Å². The lowest BCUT2D eigenvalue weighted by Crippen LogP contribution is -2.61. The summed E-state index contributed by atoms with van der Waals surface area (Å²) in [7, 11) is 0.